The molecule has 0 unspecified atom stereocenters. The first-order valence-electron chi connectivity index (χ1n) is 19.9. The van der Waals surface area contributed by atoms with Gasteiger partial charge in [-0.1, -0.05) is 30.1 Å². The molecule has 2 N–H and O–H groups in total. The largest absolute Gasteiger partial charge is 0.496 e. The second-order valence-electron chi connectivity index (χ2n) is 15.1. The van der Waals surface area contributed by atoms with E-state index in [4.69, 9.17) is 33.3 Å². The predicted octanol–water partition coefficient (Wildman–Crippen LogP) is 7.06. The highest BCUT2D eigenvalue weighted by atomic mass is 16.7. The summed E-state index contributed by atoms with van der Waals surface area (Å²) in [5, 5.41) is 24.3. The van der Waals surface area contributed by atoms with Gasteiger partial charge in [-0.3, -0.25) is 9.59 Å². The van der Waals surface area contributed by atoms with Crippen molar-refractivity contribution < 1.29 is 53.1 Å². The molecule has 4 aliphatic rings. The molecule has 2 aliphatic heterocycles. The van der Waals surface area contributed by atoms with E-state index in [9.17, 15) is 19.8 Å². The van der Waals surface area contributed by atoms with E-state index in [1.807, 2.05) is 18.2 Å². The first kappa shape index (κ1) is 40.8. The number of rotatable bonds is 18. The zero-order chi connectivity index (χ0) is 40.8. The lowest BCUT2D eigenvalue weighted by molar-refractivity contribution is -0.252. The maximum atomic E-state index is 14.6. The fourth-order valence-electron chi connectivity index (χ4n) is 9.28. The quantitative estimate of drug-likeness (QED) is 0.0588. The van der Waals surface area contributed by atoms with Gasteiger partial charge in [0, 0.05) is 43.7 Å². The summed E-state index contributed by atoms with van der Waals surface area (Å²) in [6.45, 7) is 4.37. The molecule has 2 heterocycles. The lowest BCUT2D eigenvalue weighted by Gasteiger charge is -2.59. The molecule has 2 aliphatic carbocycles. The van der Waals surface area contributed by atoms with Crippen LogP contribution in [0.1, 0.15) is 77.1 Å². The van der Waals surface area contributed by atoms with Crippen LogP contribution in [0.3, 0.4) is 0 Å². The molecule has 7 rings (SSSR count). The number of fused-ring (bicyclic) bond motifs is 3. The number of nitrogens with zero attached hydrogens (tertiary/aromatic N) is 2. The van der Waals surface area contributed by atoms with Crippen LogP contribution in [0, 0.1) is 17.8 Å². The zero-order valence-electron chi connectivity index (χ0n) is 33.3. The average Bonchev–Trinajstić information content (AvgIpc) is 3.72. The van der Waals surface area contributed by atoms with Crippen LogP contribution in [-0.2, 0) is 9.57 Å². The molecule has 6 atom stereocenters. The highest BCUT2D eigenvalue weighted by Crippen LogP contribution is 2.62. The predicted molar refractivity (Wildman–Crippen MR) is 215 cm³/mol. The smallest absolute Gasteiger partial charge is 0.254 e. The molecule has 3 aromatic carbocycles. The number of carbonyl (C=O) groups is 2. The zero-order valence-corrected chi connectivity index (χ0v) is 33.3. The van der Waals surface area contributed by atoms with E-state index in [0.717, 1.165) is 43.1 Å². The first-order valence-corrected chi connectivity index (χ1v) is 19.9. The number of aldehydes is 1. The highest BCUT2D eigenvalue weighted by molar-refractivity contribution is 6.03. The van der Waals surface area contributed by atoms with Crippen molar-refractivity contribution in [1.29, 1.82) is 0 Å². The minimum atomic E-state index is -1.41. The van der Waals surface area contributed by atoms with Gasteiger partial charge in [-0.15, -0.1) is 6.58 Å². The summed E-state index contributed by atoms with van der Waals surface area (Å²) in [5.41, 5.74) is 3.28. The van der Waals surface area contributed by atoms with Crippen LogP contribution in [-0.4, -0.2) is 92.7 Å². The lowest BCUT2D eigenvalue weighted by atomic mass is 9.55. The fourth-order valence-corrected chi connectivity index (χ4v) is 9.28. The van der Waals surface area contributed by atoms with Gasteiger partial charge in [0.05, 0.1) is 30.9 Å². The average molecular weight is 797 g/mol. The van der Waals surface area contributed by atoms with Gasteiger partial charge in [0.25, 0.3) is 5.91 Å². The summed E-state index contributed by atoms with van der Waals surface area (Å²) < 4.78 is 37.1. The van der Waals surface area contributed by atoms with Crippen LogP contribution in [0.25, 0.3) is 0 Å². The van der Waals surface area contributed by atoms with E-state index in [-0.39, 0.29) is 56.7 Å². The van der Waals surface area contributed by atoms with E-state index in [1.165, 1.54) is 14.2 Å². The molecule has 0 spiro atoms. The summed E-state index contributed by atoms with van der Waals surface area (Å²) in [7, 11) is 4.78. The second kappa shape index (κ2) is 18.0. The number of aliphatic hydroxyl groups is 2. The summed E-state index contributed by atoms with van der Waals surface area (Å²) >= 11 is 0. The van der Waals surface area contributed by atoms with E-state index in [2.05, 4.69) is 17.8 Å². The number of methoxy groups -OCH3 is 1. The van der Waals surface area contributed by atoms with E-state index in [1.54, 1.807) is 54.4 Å². The Morgan fingerprint density at radius 2 is 1.71 bits per heavy atom. The lowest BCUT2D eigenvalue weighted by Crippen LogP contribution is -2.69. The standard InChI is InChI=1S/C45H52N2O11/c1-5-20-56-45-41(47(2)44(51)29-12-15-39-40(23-29)55-27-54-39)25-36(46-53-4)34-22-28(10-6-8-18-48)33(11-7-9-19-49)42(43(34)45)35-24-32(14-17-38(35)58-45)57-31-13-16-37(52-3)30(21-31)26-50/h5,12-17,21-24,26,28,33,41-43,48-49H,1,6-11,18-20,25,27H2,2-4H3/t28-,33+,41-,42+,43+,45+/m0/s1. The Balaban J connectivity index is 1.40. The molecule has 0 bridgehead atoms. The molecule has 0 radical (unpaired) electrons. The van der Waals surface area contributed by atoms with Gasteiger partial charge in [0.15, 0.2) is 17.8 Å². The Kier molecular flexibility index (Phi) is 12.7. The van der Waals surface area contributed by atoms with Crippen LogP contribution >= 0.6 is 0 Å². The molecule has 58 heavy (non-hydrogen) atoms. The van der Waals surface area contributed by atoms with Crippen LogP contribution in [0.5, 0.6) is 34.5 Å². The minimum Gasteiger partial charge on any atom is -0.496 e. The Morgan fingerprint density at radius 3 is 2.45 bits per heavy atom. The number of unbranched alkanes of at least 4 members (excludes halogenated alkanes) is 2. The topological polar surface area (TPSA) is 155 Å². The van der Waals surface area contributed by atoms with Crippen molar-refractivity contribution in [2.24, 2.45) is 22.9 Å². The molecule has 0 aromatic heterocycles. The summed E-state index contributed by atoms with van der Waals surface area (Å²) in [6, 6.07) is 15.2. The van der Waals surface area contributed by atoms with E-state index < -0.39 is 17.7 Å². The summed E-state index contributed by atoms with van der Waals surface area (Å²) in [6.07, 6.45) is 9.46. The highest BCUT2D eigenvalue weighted by Gasteiger charge is 2.65. The van der Waals surface area contributed by atoms with Gasteiger partial charge in [-0.05, 0) is 97.7 Å². The Labute approximate surface area is 338 Å². The maximum Gasteiger partial charge on any atom is 0.254 e. The molecule has 13 heteroatoms. The summed E-state index contributed by atoms with van der Waals surface area (Å²) in [5.74, 6) is 0.804. The Hall–Kier alpha value is -5.37. The number of allylic oxidation sites excluding steroid dienone is 1. The third-order valence-corrected chi connectivity index (χ3v) is 11.8. The molecule has 13 nitrogen and oxygen atoms in total. The SMILES string of the molecule is C=CCO[C@@]12Oc3ccc(Oc4ccc(OC)c(C=O)c4)cc3[C@H]3[C@H](CCCCO)[C@@H](CCCCO)C=C(C(=NOC)C[C@@H]1N(C)C(=O)c1ccc4c(c1)OCO4)[C@H]32. The second-order valence-corrected chi connectivity index (χ2v) is 15.1. The number of hydrogen-bond donors (Lipinski definition) is 2. The minimum absolute atomic E-state index is 0.0312. The van der Waals surface area contributed by atoms with Crippen LogP contribution < -0.4 is 23.7 Å². The Morgan fingerprint density at radius 1 is 0.966 bits per heavy atom. The molecular weight excluding hydrogens is 744 g/mol. The van der Waals surface area contributed by atoms with Gasteiger partial charge in [-0.25, -0.2) is 0 Å². The van der Waals surface area contributed by atoms with Crippen molar-refractivity contribution in [3.8, 4) is 34.5 Å². The monoisotopic (exact) mass is 796 g/mol. The van der Waals surface area contributed by atoms with E-state index in [0.29, 0.717) is 64.2 Å². The molecule has 308 valence electrons. The number of hydrogen-bond acceptors (Lipinski definition) is 12. The summed E-state index contributed by atoms with van der Waals surface area (Å²) in [4.78, 5) is 33.6. The molecule has 0 saturated heterocycles. The van der Waals surface area contributed by atoms with Crippen molar-refractivity contribution in [2.75, 3.05) is 47.9 Å². The normalized spacial score (nSPS) is 24.5. The van der Waals surface area contributed by atoms with Gasteiger partial charge >= 0.3 is 0 Å². The van der Waals surface area contributed by atoms with Gasteiger partial charge in [0.2, 0.25) is 12.6 Å². The molecule has 3 aromatic rings. The first-order chi connectivity index (χ1) is 28.3. The number of benzene rings is 3. The van der Waals surface area contributed by atoms with Gasteiger partial charge in [0.1, 0.15) is 36.1 Å². The number of carbonyl (C=O) groups excluding carboxylic acids is 2. The number of likely N-dealkylation sites (N-methyl/N-ethyl adjacent to an activating group) is 1. The van der Waals surface area contributed by atoms with Crippen molar-refractivity contribution in [1.82, 2.24) is 4.90 Å². The molecule has 1 amide bonds. The van der Waals surface area contributed by atoms with Crippen molar-refractivity contribution >= 4 is 17.9 Å². The molecular formula is C45H52N2O11. The molecule has 1 fully saturated rings. The third-order valence-electron chi connectivity index (χ3n) is 11.8. The van der Waals surface area contributed by atoms with Crippen LogP contribution in [0.4, 0.5) is 0 Å². The number of aliphatic hydroxyl groups excluding tert-OH is 2. The van der Waals surface area contributed by atoms with E-state index >= 15 is 0 Å². The third kappa shape index (κ3) is 7.78. The van der Waals surface area contributed by atoms with Gasteiger partial charge < -0.3 is 48.4 Å². The maximum absolute atomic E-state index is 14.6. The number of amides is 1. The van der Waals surface area contributed by atoms with Crippen LogP contribution in [0.2, 0.25) is 0 Å². The molecule has 1 saturated carbocycles. The van der Waals surface area contributed by atoms with Crippen molar-refractivity contribution in [3.05, 3.63) is 95.6 Å². The Bertz CT molecular complexity index is 2050. The van der Waals surface area contributed by atoms with Crippen molar-refractivity contribution in [3.63, 3.8) is 0 Å². The fraction of sp³-hybridized carbons (Fsp3) is 0.444. The van der Waals surface area contributed by atoms with Gasteiger partial charge in [-0.2, -0.15) is 0 Å². The van der Waals surface area contributed by atoms with Crippen molar-refractivity contribution in [2.45, 2.75) is 62.7 Å². The number of oxime groups is 1. The number of ether oxygens (including phenoxy) is 6. The van der Waals surface area contributed by atoms with Crippen LogP contribution in [0.15, 0.2) is 84.1 Å².